The molecule has 2 aliphatic rings. The lowest BCUT2D eigenvalue weighted by atomic mass is 9.75. The van der Waals surface area contributed by atoms with Gasteiger partial charge in [0.15, 0.2) is 11.5 Å². The lowest BCUT2D eigenvalue weighted by Crippen LogP contribution is -2.20. The van der Waals surface area contributed by atoms with Crippen LogP contribution in [0.2, 0.25) is 0 Å². The van der Waals surface area contributed by atoms with Gasteiger partial charge in [-0.1, -0.05) is 75.2 Å². The largest absolute Gasteiger partial charge is 0.507 e. The Hall–Kier alpha value is -8.38. The van der Waals surface area contributed by atoms with Gasteiger partial charge in [0.1, 0.15) is 11.5 Å². The van der Waals surface area contributed by atoms with E-state index in [2.05, 4.69) is 31.1 Å². The molecule has 6 aromatic rings. The molecule has 68 heavy (non-hydrogen) atoms. The van der Waals surface area contributed by atoms with Crippen LogP contribution in [-0.2, 0) is 9.59 Å². The van der Waals surface area contributed by atoms with E-state index in [9.17, 15) is 30.0 Å². The highest BCUT2D eigenvalue weighted by atomic mass is 16.3. The fourth-order valence-corrected chi connectivity index (χ4v) is 8.64. The molecule has 0 amide bonds. The van der Waals surface area contributed by atoms with Crippen molar-refractivity contribution in [2.75, 3.05) is 10.6 Å². The van der Waals surface area contributed by atoms with Gasteiger partial charge in [-0.15, -0.1) is 0 Å². The molecule has 0 fully saturated rings. The van der Waals surface area contributed by atoms with E-state index >= 15 is 0 Å². The molecule has 0 saturated heterocycles. The highest BCUT2D eigenvalue weighted by molar-refractivity contribution is 6.35. The Morgan fingerprint density at radius 3 is 1.03 bits per heavy atom. The molecule has 12 heteroatoms. The van der Waals surface area contributed by atoms with Crippen LogP contribution in [0.3, 0.4) is 0 Å². The number of benzene rings is 6. The number of azo groups is 2. The second-order valence-corrected chi connectivity index (χ2v) is 17.7. The minimum Gasteiger partial charge on any atom is -0.507 e. The molecule has 12 nitrogen and oxygen atoms in total. The number of aliphatic hydroxyl groups excluding tert-OH is 2. The lowest BCUT2D eigenvalue weighted by Gasteiger charge is -2.29. The third-order valence-electron chi connectivity index (χ3n) is 12.1. The molecule has 0 heterocycles. The van der Waals surface area contributed by atoms with Crippen molar-refractivity contribution in [2.24, 2.45) is 32.3 Å². The number of fused-ring (bicyclic) bond motifs is 2. The molecule has 8 rings (SSSR count). The Labute approximate surface area is 395 Å². The quantitative estimate of drug-likeness (QED) is 0.0547. The number of Topliss-reactive ketones (excluding diaryl/α,β-unsaturated/α-hetero) is 2. The van der Waals surface area contributed by atoms with Crippen molar-refractivity contribution in [3.05, 3.63) is 178 Å². The highest BCUT2D eigenvalue weighted by Crippen LogP contribution is 2.54. The molecule has 0 radical (unpaired) electrons. The number of hydrogen-bond donors (Lipinski definition) is 6. The number of rotatable bonds is 11. The maximum Gasteiger partial charge on any atom is 0.229 e. The first-order valence-corrected chi connectivity index (χ1v) is 22.3. The lowest BCUT2D eigenvalue weighted by molar-refractivity contribution is -0.113. The van der Waals surface area contributed by atoms with Crippen LogP contribution < -0.4 is 10.6 Å². The number of phenolic OH excluding ortho intramolecular Hbond substituents is 2. The molecule has 0 saturated carbocycles. The van der Waals surface area contributed by atoms with E-state index in [0.29, 0.717) is 56.1 Å². The van der Waals surface area contributed by atoms with Gasteiger partial charge in [0.05, 0.1) is 33.9 Å². The summed E-state index contributed by atoms with van der Waals surface area (Å²) in [6, 6.07) is 33.1. The topological polar surface area (TPSA) is 189 Å². The monoisotopic (exact) mass is 904 g/mol. The van der Waals surface area contributed by atoms with Gasteiger partial charge in [0.2, 0.25) is 11.6 Å². The standard InChI is InChI=1S/C56H52N6O6/c1-29(2)45-41-25-33(7)47(53(65)49(41)43(51(63)55(45)67)27-57-35-17-21-39(22-18-35)61-59-37-13-9-31(5)10-14-37)48-34(8)26-42-46(30(3)4)56(68)52(64)44(50(42)54(48)66)28-58-36-19-23-40(24-20-36)62-60-38-15-11-32(6)12-16-38/h9-30,57-58,65-68H,1-8H3. The van der Waals surface area contributed by atoms with E-state index in [1.54, 1.807) is 74.5 Å². The molecule has 0 bridgehead atoms. The Kier molecular flexibility index (Phi) is 12.8. The molecule has 0 atom stereocenters. The van der Waals surface area contributed by atoms with E-state index in [1.807, 2.05) is 90.1 Å². The van der Waals surface area contributed by atoms with E-state index in [0.717, 1.165) is 22.5 Å². The first-order chi connectivity index (χ1) is 32.5. The van der Waals surface area contributed by atoms with Crippen molar-refractivity contribution < 1.29 is 30.0 Å². The number of nitrogens with zero attached hydrogens (tertiary/aromatic N) is 4. The third kappa shape index (κ3) is 8.96. The first-order valence-electron chi connectivity index (χ1n) is 22.3. The van der Waals surface area contributed by atoms with E-state index in [1.165, 1.54) is 12.4 Å². The molecule has 0 aromatic heterocycles. The summed E-state index contributed by atoms with van der Waals surface area (Å²) in [6.07, 6.45) is 2.89. The molecular formula is C56H52N6O6. The Balaban J connectivity index is 1.19. The van der Waals surface area contributed by atoms with Gasteiger partial charge in [0, 0.05) is 57.2 Å². The highest BCUT2D eigenvalue weighted by Gasteiger charge is 2.38. The maximum atomic E-state index is 14.2. The Bertz CT molecular complexity index is 2980. The van der Waals surface area contributed by atoms with E-state index in [4.69, 9.17) is 0 Å². The summed E-state index contributed by atoms with van der Waals surface area (Å²) in [4.78, 5) is 28.3. The number of carbonyl (C=O) groups is 2. The summed E-state index contributed by atoms with van der Waals surface area (Å²) in [5.74, 6) is -3.47. The first kappa shape index (κ1) is 46.2. The molecule has 0 spiro atoms. The predicted octanol–water partition coefficient (Wildman–Crippen LogP) is 14.8. The number of carbonyl (C=O) groups excluding carboxylic acids is 2. The molecular weight excluding hydrogens is 853 g/mol. The predicted molar refractivity (Wildman–Crippen MR) is 270 cm³/mol. The number of ketones is 2. The molecule has 342 valence electrons. The number of aromatic hydroxyl groups is 2. The van der Waals surface area contributed by atoms with Gasteiger partial charge >= 0.3 is 0 Å². The van der Waals surface area contributed by atoms with Crippen LogP contribution in [0.4, 0.5) is 34.1 Å². The number of phenols is 2. The minimum atomic E-state index is -0.694. The van der Waals surface area contributed by atoms with Gasteiger partial charge in [-0.2, -0.15) is 20.5 Å². The molecule has 0 aliphatic heterocycles. The number of aryl methyl sites for hydroxylation is 4. The van der Waals surface area contributed by atoms with Crippen molar-refractivity contribution in [3.8, 4) is 22.6 Å². The molecule has 0 unspecified atom stereocenters. The number of hydrogen-bond acceptors (Lipinski definition) is 12. The average molecular weight is 905 g/mol. The summed E-state index contributed by atoms with van der Waals surface area (Å²) in [5.41, 5.74) is 9.61. The van der Waals surface area contributed by atoms with Crippen LogP contribution in [0, 0.1) is 39.5 Å². The zero-order valence-corrected chi connectivity index (χ0v) is 39.1. The number of anilines is 2. The van der Waals surface area contributed by atoms with E-state index < -0.39 is 23.1 Å². The number of aliphatic hydroxyl groups is 2. The molecule has 6 aromatic carbocycles. The fourth-order valence-electron chi connectivity index (χ4n) is 8.64. The minimum absolute atomic E-state index is 0.00330. The summed E-state index contributed by atoms with van der Waals surface area (Å²) >= 11 is 0. The zero-order valence-electron chi connectivity index (χ0n) is 39.1. The van der Waals surface area contributed by atoms with Crippen molar-refractivity contribution in [2.45, 2.75) is 55.4 Å². The summed E-state index contributed by atoms with van der Waals surface area (Å²) in [7, 11) is 0. The van der Waals surface area contributed by atoms with Crippen LogP contribution in [-0.4, -0.2) is 32.0 Å². The average Bonchev–Trinajstić information content (AvgIpc) is 3.30. The van der Waals surface area contributed by atoms with Crippen LogP contribution in [0.25, 0.3) is 33.4 Å². The molecule has 2 aliphatic carbocycles. The summed E-state index contributed by atoms with van der Waals surface area (Å²) in [5, 5.41) is 71.6. The van der Waals surface area contributed by atoms with Gasteiger partial charge < -0.3 is 31.1 Å². The van der Waals surface area contributed by atoms with Gasteiger partial charge in [-0.05, 0) is 135 Å². The van der Waals surface area contributed by atoms with Gasteiger partial charge in [-0.3, -0.25) is 9.59 Å². The van der Waals surface area contributed by atoms with Crippen LogP contribution >= 0.6 is 0 Å². The fraction of sp³-hybridized carbons (Fsp3) is 0.179. The number of allylic oxidation sites excluding steroid dienone is 4. The van der Waals surface area contributed by atoms with E-state index in [-0.39, 0.29) is 56.7 Å². The number of nitrogens with one attached hydrogen (secondary N) is 2. The smallest absolute Gasteiger partial charge is 0.229 e. The Morgan fingerprint density at radius 1 is 0.441 bits per heavy atom. The third-order valence-corrected chi connectivity index (χ3v) is 12.1. The summed E-state index contributed by atoms with van der Waals surface area (Å²) in [6.45, 7) is 15.0. The normalized spacial score (nSPS) is 15.1. The van der Waals surface area contributed by atoms with Crippen molar-refractivity contribution in [1.29, 1.82) is 0 Å². The maximum absolute atomic E-state index is 14.2. The van der Waals surface area contributed by atoms with Crippen molar-refractivity contribution >= 4 is 68.0 Å². The molecule has 6 N–H and O–H groups in total. The SMILES string of the molecule is Cc1ccc(N=Nc2ccc(NC=C3C(=O)C(O)=C(C(C)C)c4cc(C)c(-c5c(C)cc6c(c5O)C(=CNc5ccc(N=Nc7ccc(C)cc7)cc5)C(=O)C(O)=C6C(C)C)c(O)c43)cc2)cc1. The Morgan fingerprint density at radius 2 is 0.735 bits per heavy atom. The van der Waals surface area contributed by atoms with Gasteiger partial charge in [-0.25, -0.2) is 0 Å². The van der Waals surface area contributed by atoms with Crippen LogP contribution in [0.15, 0.2) is 154 Å². The van der Waals surface area contributed by atoms with Crippen LogP contribution in [0.1, 0.15) is 72.2 Å². The summed E-state index contributed by atoms with van der Waals surface area (Å²) < 4.78 is 0. The second-order valence-electron chi connectivity index (χ2n) is 17.7. The van der Waals surface area contributed by atoms with Crippen molar-refractivity contribution in [1.82, 2.24) is 0 Å². The zero-order chi connectivity index (χ0) is 48.6. The van der Waals surface area contributed by atoms with Crippen LogP contribution in [0.5, 0.6) is 11.5 Å². The van der Waals surface area contributed by atoms with Crippen molar-refractivity contribution in [3.63, 3.8) is 0 Å². The second kappa shape index (κ2) is 18.8. The van der Waals surface area contributed by atoms with Gasteiger partial charge in [0.25, 0.3) is 0 Å².